The van der Waals surface area contributed by atoms with Gasteiger partial charge in [0.1, 0.15) is 0 Å². The predicted octanol–water partition coefficient (Wildman–Crippen LogP) is 4.34. The molecular weight excluding hydrogens is 382 g/mol. The first kappa shape index (κ1) is 19.8. The number of esters is 1. The molecule has 1 aliphatic rings. The minimum Gasteiger partial charge on any atom is -0.453 e. The molecule has 0 fully saturated rings. The third-order valence-electron chi connectivity index (χ3n) is 4.49. The number of hydrogen-bond donors (Lipinski definition) is 0. The van der Waals surface area contributed by atoms with Crippen molar-refractivity contribution in [2.45, 2.75) is 37.3 Å². The maximum absolute atomic E-state index is 12.6. The fourth-order valence-electron chi connectivity index (χ4n) is 3.03. The lowest BCUT2D eigenvalue weighted by molar-refractivity contribution is -0.159. The van der Waals surface area contributed by atoms with Gasteiger partial charge in [0, 0.05) is 28.8 Å². The van der Waals surface area contributed by atoms with Gasteiger partial charge in [-0.25, -0.2) is 0 Å². The number of hydrogen-bond acceptors (Lipinski definition) is 4. The van der Waals surface area contributed by atoms with E-state index in [1.165, 1.54) is 5.56 Å². The number of carbonyl (C=O) groups is 2. The summed E-state index contributed by atoms with van der Waals surface area (Å²) in [6, 6.07) is 15.6. The van der Waals surface area contributed by atoms with Crippen LogP contribution in [0.2, 0.25) is 5.02 Å². The average molecular weight is 404 g/mol. The molecule has 1 aliphatic heterocycles. The third-order valence-corrected chi connectivity index (χ3v) is 5.75. The molecule has 1 amide bonds. The van der Waals surface area contributed by atoms with Gasteiger partial charge < -0.3 is 9.64 Å². The fraction of sp³-hybridized carbons (Fsp3) is 0.333. The Bertz CT molecular complexity index is 809. The van der Waals surface area contributed by atoms with Gasteiger partial charge in [-0.15, -0.1) is 11.8 Å². The molecule has 0 unspecified atom stereocenters. The van der Waals surface area contributed by atoms with Crippen LogP contribution < -0.4 is 0 Å². The molecule has 0 N–H and O–H groups in total. The number of halogens is 1. The Labute approximate surface area is 168 Å². The first-order valence-corrected chi connectivity index (χ1v) is 10.3. The second-order valence-corrected chi connectivity index (χ2v) is 8.07. The first-order chi connectivity index (χ1) is 13.0. The van der Waals surface area contributed by atoms with Crippen LogP contribution >= 0.6 is 23.4 Å². The van der Waals surface area contributed by atoms with E-state index >= 15 is 0 Å². The largest absolute Gasteiger partial charge is 0.453 e. The number of ether oxygens (including phenoxy) is 1. The number of rotatable bonds is 6. The number of nitrogens with zero attached hydrogens (tertiary/aromatic N) is 1. The zero-order valence-corrected chi connectivity index (χ0v) is 16.8. The zero-order valence-electron chi connectivity index (χ0n) is 15.2. The number of carbonyl (C=O) groups excluding carboxylic acids is 2. The Balaban J connectivity index is 1.44. The Kier molecular flexibility index (Phi) is 6.80. The second kappa shape index (κ2) is 9.29. The van der Waals surface area contributed by atoms with Crippen molar-refractivity contribution in [2.24, 2.45) is 0 Å². The molecule has 0 saturated carbocycles. The van der Waals surface area contributed by atoms with E-state index in [0.29, 0.717) is 23.9 Å². The SMILES string of the molecule is C[C@H](OC(=O)CCSc1ccc(Cl)cc1)C(=O)N1CCc2ccccc2C1. The summed E-state index contributed by atoms with van der Waals surface area (Å²) >= 11 is 7.41. The number of fused-ring (bicyclic) bond motifs is 1. The van der Waals surface area contributed by atoms with Crippen molar-refractivity contribution < 1.29 is 14.3 Å². The van der Waals surface area contributed by atoms with Gasteiger partial charge in [-0.05, 0) is 48.7 Å². The molecule has 3 rings (SSSR count). The van der Waals surface area contributed by atoms with Crippen molar-refractivity contribution in [1.82, 2.24) is 4.90 Å². The molecular formula is C21H22ClNO3S. The predicted molar refractivity (Wildman–Crippen MR) is 108 cm³/mol. The normalized spacial score (nSPS) is 14.4. The number of benzene rings is 2. The molecule has 4 nitrogen and oxygen atoms in total. The van der Waals surface area contributed by atoms with E-state index in [0.717, 1.165) is 16.9 Å². The van der Waals surface area contributed by atoms with Crippen LogP contribution in [0.25, 0.3) is 0 Å². The van der Waals surface area contributed by atoms with Crippen LogP contribution in [-0.4, -0.2) is 35.2 Å². The molecule has 142 valence electrons. The average Bonchev–Trinajstić information content (AvgIpc) is 2.68. The smallest absolute Gasteiger partial charge is 0.307 e. The van der Waals surface area contributed by atoms with Gasteiger partial charge in [0.25, 0.3) is 5.91 Å². The topological polar surface area (TPSA) is 46.6 Å². The van der Waals surface area contributed by atoms with Crippen molar-refractivity contribution in [2.75, 3.05) is 12.3 Å². The standard InChI is InChI=1S/C21H22ClNO3S/c1-15(21(25)23-12-10-16-4-2-3-5-17(16)14-23)26-20(24)11-13-27-19-8-6-18(22)7-9-19/h2-9,15H,10-14H2,1H3/t15-/m0/s1. The highest BCUT2D eigenvalue weighted by Crippen LogP contribution is 2.22. The van der Waals surface area contributed by atoms with Crippen molar-refractivity contribution in [3.63, 3.8) is 0 Å². The number of amides is 1. The van der Waals surface area contributed by atoms with E-state index in [1.807, 2.05) is 42.5 Å². The number of thioether (sulfide) groups is 1. The molecule has 27 heavy (non-hydrogen) atoms. The molecule has 0 spiro atoms. The molecule has 0 aromatic heterocycles. The van der Waals surface area contributed by atoms with Gasteiger partial charge in [-0.2, -0.15) is 0 Å². The van der Waals surface area contributed by atoms with Gasteiger partial charge in [-0.3, -0.25) is 9.59 Å². The van der Waals surface area contributed by atoms with E-state index in [4.69, 9.17) is 16.3 Å². The fourth-order valence-corrected chi connectivity index (χ4v) is 3.99. The van der Waals surface area contributed by atoms with Gasteiger partial charge in [-0.1, -0.05) is 35.9 Å². The Hall–Kier alpha value is -1.98. The lowest BCUT2D eigenvalue weighted by Crippen LogP contribution is -2.42. The third kappa shape index (κ3) is 5.50. The van der Waals surface area contributed by atoms with Gasteiger partial charge >= 0.3 is 5.97 Å². The summed E-state index contributed by atoms with van der Waals surface area (Å²) in [4.78, 5) is 27.5. The summed E-state index contributed by atoms with van der Waals surface area (Å²) in [6.45, 7) is 2.88. The minimum atomic E-state index is -0.761. The Morgan fingerprint density at radius 2 is 1.85 bits per heavy atom. The highest BCUT2D eigenvalue weighted by molar-refractivity contribution is 7.99. The second-order valence-electron chi connectivity index (χ2n) is 6.46. The molecule has 1 heterocycles. The quantitative estimate of drug-likeness (QED) is 0.531. The van der Waals surface area contributed by atoms with Crippen LogP contribution in [0.4, 0.5) is 0 Å². The van der Waals surface area contributed by atoms with Crippen molar-refractivity contribution in [3.8, 4) is 0 Å². The van der Waals surface area contributed by atoms with E-state index in [-0.39, 0.29) is 18.3 Å². The van der Waals surface area contributed by atoms with Crippen LogP contribution in [0.15, 0.2) is 53.4 Å². The lowest BCUT2D eigenvalue weighted by atomic mass is 9.99. The van der Waals surface area contributed by atoms with Gasteiger partial charge in [0.2, 0.25) is 0 Å². The maximum atomic E-state index is 12.6. The molecule has 0 saturated heterocycles. The van der Waals surface area contributed by atoms with Crippen molar-refractivity contribution in [1.29, 1.82) is 0 Å². The van der Waals surface area contributed by atoms with Crippen molar-refractivity contribution in [3.05, 3.63) is 64.7 Å². The highest BCUT2D eigenvalue weighted by Gasteiger charge is 2.26. The molecule has 2 aromatic carbocycles. The molecule has 0 aliphatic carbocycles. The van der Waals surface area contributed by atoms with Crippen molar-refractivity contribution >= 4 is 35.2 Å². The maximum Gasteiger partial charge on any atom is 0.307 e. The first-order valence-electron chi connectivity index (χ1n) is 8.96. The van der Waals surface area contributed by atoms with E-state index in [9.17, 15) is 9.59 Å². The summed E-state index contributed by atoms with van der Waals surface area (Å²) in [6.07, 6.45) is 0.330. The van der Waals surface area contributed by atoms with Crippen LogP contribution in [0.1, 0.15) is 24.5 Å². The summed E-state index contributed by atoms with van der Waals surface area (Å²) in [5, 5.41) is 0.687. The Morgan fingerprint density at radius 1 is 1.15 bits per heavy atom. The van der Waals surface area contributed by atoms with E-state index in [1.54, 1.807) is 23.6 Å². The monoisotopic (exact) mass is 403 g/mol. The van der Waals surface area contributed by atoms with Crippen LogP contribution in [0.3, 0.4) is 0 Å². The summed E-state index contributed by atoms with van der Waals surface area (Å²) in [5.74, 6) is 0.108. The molecule has 2 aromatic rings. The highest BCUT2D eigenvalue weighted by atomic mass is 35.5. The molecule has 0 bridgehead atoms. The minimum absolute atomic E-state index is 0.136. The molecule has 6 heteroatoms. The van der Waals surface area contributed by atoms with Crippen LogP contribution in [0.5, 0.6) is 0 Å². The van der Waals surface area contributed by atoms with E-state index in [2.05, 4.69) is 6.07 Å². The van der Waals surface area contributed by atoms with Gasteiger partial charge in [0.05, 0.1) is 6.42 Å². The van der Waals surface area contributed by atoms with E-state index < -0.39 is 6.10 Å². The summed E-state index contributed by atoms with van der Waals surface area (Å²) < 4.78 is 5.35. The zero-order chi connectivity index (χ0) is 19.2. The van der Waals surface area contributed by atoms with Crippen LogP contribution in [-0.2, 0) is 27.3 Å². The van der Waals surface area contributed by atoms with Gasteiger partial charge in [0.15, 0.2) is 6.10 Å². The van der Waals surface area contributed by atoms with Crippen LogP contribution in [0, 0.1) is 0 Å². The summed E-state index contributed by atoms with van der Waals surface area (Å²) in [7, 11) is 0. The molecule has 0 radical (unpaired) electrons. The molecule has 1 atom stereocenters. The Morgan fingerprint density at radius 3 is 2.59 bits per heavy atom. The lowest BCUT2D eigenvalue weighted by Gasteiger charge is -2.30. The summed E-state index contributed by atoms with van der Waals surface area (Å²) in [5.41, 5.74) is 2.44.